The second kappa shape index (κ2) is 7.18. The van der Waals surface area contributed by atoms with Crippen molar-refractivity contribution < 1.29 is 14.7 Å². The van der Waals surface area contributed by atoms with Gasteiger partial charge >= 0.3 is 5.97 Å². The maximum Gasteiger partial charge on any atom is 0.323 e. The Morgan fingerprint density at radius 1 is 1.42 bits per heavy atom. The van der Waals surface area contributed by atoms with Crippen molar-refractivity contribution in [2.45, 2.75) is 0 Å². The maximum atomic E-state index is 12.2. The molecule has 7 nitrogen and oxygen atoms in total. The summed E-state index contributed by atoms with van der Waals surface area (Å²) in [5.74, 6) is -1.46. The lowest BCUT2D eigenvalue weighted by molar-refractivity contribution is -0.140. The number of aliphatic carboxylic acids is 1. The van der Waals surface area contributed by atoms with Crippen molar-refractivity contribution in [3.05, 3.63) is 16.0 Å². The molecule has 2 fully saturated rings. The van der Waals surface area contributed by atoms with E-state index in [0.29, 0.717) is 10.6 Å². The van der Waals surface area contributed by atoms with Gasteiger partial charge in [0.05, 0.1) is 10.6 Å². The van der Waals surface area contributed by atoms with Crippen LogP contribution in [0.25, 0.3) is 6.08 Å². The van der Waals surface area contributed by atoms with Gasteiger partial charge in [0.2, 0.25) is 0 Å². The molecule has 0 spiro atoms. The summed E-state index contributed by atoms with van der Waals surface area (Å²) >= 11 is 7.74. The third-order valence-electron chi connectivity index (χ3n) is 3.73. The minimum Gasteiger partial charge on any atom is -0.480 e. The van der Waals surface area contributed by atoms with E-state index in [0.717, 1.165) is 48.0 Å². The monoisotopic (exact) mass is 384 g/mol. The van der Waals surface area contributed by atoms with Crippen LogP contribution in [0.5, 0.6) is 0 Å². The number of likely N-dealkylation sites (N-methyl/N-ethyl adjacent to an activating group) is 1. The number of thioether (sulfide) groups is 1. The van der Waals surface area contributed by atoms with Crippen LogP contribution in [-0.4, -0.2) is 75.9 Å². The fraction of sp³-hybridized carbons (Fsp3) is 0.429. The average Bonchev–Trinajstić information content (AvgIpc) is 3.09. The van der Waals surface area contributed by atoms with Gasteiger partial charge in [0.15, 0.2) is 5.13 Å². The van der Waals surface area contributed by atoms with Gasteiger partial charge in [-0.05, 0) is 13.1 Å². The van der Waals surface area contributed by atoms with E-state index in [1.807, 2.05) is 5.38 Å². The quantitative estimate of drug-likeness (QED) is 0.613. The molecular formula is C14H16N4O3S3. The number of thiocarbonyl (C=S) groups is 1. The van der Waals surface area contributed by atoms with Crippen LogP contribution in [0.1, 0.15) is 5.69 Å². The predicted octanol–water partition coefficient (Wildman–Crippen LogP) is 1.18. The zero-order valence-electron chi connectivity index (χ0n) is 13.0. The Hall–Kier alpha value is -1.49. The lowest BCUT2D eigenvalue weighted by atomic mass is 10.3. The molecule has 128 valence electrons. The van der Waals surface area contributed by atoms with E-state index in [1.165, 1.54) is 0 Å². The van der Waals surface area contributed by atoms with Crippen molar-refractivity contribution in [2.24, 2.45) is 0 Å². The van der Waals surface area contributed by atoms with Crippen LogP contribution in [-0.2, 0) is 9.59 Å². The standard InChI is InChI=1S/C14H16N4O3S3/c1-16-2-4-17(5-3-16)13-15-9(8-23-13)6-10-12(21)18(7-11(19)20)14(22)24-10/h6,8H,2-5,7H2,1H3,(H,19,20). The molecular weight excluding hydrogens is 368 g/mol. The summed E-state index contributed by atoms with van der Waals surface area (Å²) in [7, 11) is 2.10. The van der Waals surface area contributed by atoms with Gasteiger partial charge in [-0.25, -0.2) is 4.98 Å². The van der Waals surface area contributed by atoms with Crippen LogP contribution in [0.3, 0.4) is 0 Å². The number of anilines is 1. The fourth-order valence-corrected chi connectivity index (χ4v) is 4.47. The fourth-order valence-electron chi connectivity index (χ4n) is 2.39. The minimum atomic E-state index is -1.08. The van der Waals surface area contributed by atoms with E-state index in [2.05, 4.69) is 21.8 Å². The molecule has 10 heteroatoms. The number of nitrogens with zero attached hydrogens (tertiary/aromatic N) is 4. The van der Waals surface area contributed by atoms with Crippen molar-refractivity contribution in [2.75, 3.05) is 44.7 Å². The van der Waals surface area contributed by atoms with Gasteiger partial charge in [-0.15, -0.1) is 11.3 Å². The molecule has 2 aliphatic rings. The zero-order chi connectivity index (χ0) is 17.3. The molecule has 0 aliphatic carbocycles. The Morgan fingerprint density at radius 2 is 2.12 bits per heavy atom. The van der Waals surface area contributed by atoms with Crippen molar-refractivity contribution in [3.8, 4) is 0 Å². The molecule has 1 amide bonds. The maximum absolute atomic E-state index is 12.2. The van der Waals surface area contributed by atoms with Crippen LogP contribution < -0.4 is 4.90 Å². The molecule has 3 heterocycles. The third-order valence-corrected chi connectivity index (χ3v) is 6.03. The number of carboxylic acids is 1. The second-order valence-electron chi connectivity index (χ2n) is 5.51. The van der Waals surface area contributed by atoms with E-state index in [9.17, 15) is 9.59 Å². The Balaban J connectivity index is 1.72. The third kappa shape index (κ3) is 3.77. The van der Waals surface area contributed by atoms with Gasteiger partial charge in [0.25, 0.3) is 5.91 Å². The van der Waals surface area contributed by atoms with Gasteiger partial charge in [0.1, 0.15) is 10.9 Å². The van der Waals surface area contributed by atoms with E-state index in [4.69, 9.17) is 17.3 Å². The van der Waals surface area contributed by atoms with Gasteiger partial charge in [-0.2, -0.15) is 0 Å². The second-order valence-corrected chi connectivity index (χ2v) is 8.02. The van der Waals surface area contributed by atoms with Crippen molar-refractivity contribution in [3.63, 3.8) is 0 Å². The lowest BCUT2D eigenvalue weighted by Gasteiger charge is -2.32. The highest BCUT2D eigenvalue weighted by atomic mass is 32.2. The van der Waals surface area contributed by atoms with E-state index in [-0.39, 0.29) is 10.2 Å². The first-order valence-electron chi connectivity index (χ1n) is 7.30. The molecule has 24 heavy (non-hydrogen) atoms. The summed E-state index contributed by atoms with van der Waals surface area (Å²) in [6.07, 6.45) is 1.68. The largest absolute Gasteiger partial charge is 0.480 e. The summed E-state index contributed by atoms with van der Waals surface area (Å²) in [6, 6.07) is 0. The van der Waals surface area contributed by atoms with Crippen LogP contribution in [0.15, 0.2) is 10.3 Å². The smallest absolute Gasteiger partial charge is 0.323 e. The molecule has 2 saturated heterocycles. The highest BCUT2D eigenvalue weighted by molar-refractivity contribution is 8.26. The number of hydrogen-bond donors (Lipinski definition) is 1. The number of piperazine rings is 1. The number of carbonyl (C=O) groups is 2. The molecule has 1 aromatic rings. The molecule has 0 bridgehead atoms. The number of thiazole rings is 1. The van der Waals surface area contributed by atoms with E-state index in [1.54, 1.807) is 17.4 Å². The van der Waals surface area contributed by atoms with E-state index >= 15 is 0 Å². The van der Waals surface area contributed by atoms with Crippen molar-refractivity contribution in [1.29, 1.82) is 0 Å². The van der Waals surface area contributed by atoms with Crippen LogP contribution in [0, 0.1) is 0 Å². The summed E-state index contributed by atoms with van der Waals surface area (Å²) in [5, 5.41) is 11.7. The van der Waals surface area contributed by atoms with Gasteiger partial charge in [0, 0.05) is 31.6 Å². The number of carbonyl (C=O) groups excluding carboxylic acids is 1. The Labute approximate surface area is 152 Å². The lowest BCUT2D eigenvalue weighted by Crippen LogP contribution is -2.44. The van der Waals surface area contributed by atoms with Gasteiger partial charge in [-0.3, -0.25) is 14.5 Å². The van der Waals surface area contributed by atoms with Gasteiger partial charge < -0.3 is 14.9 Å². The predicted molar refractivity (Wildman–Crippen MR) is 99.3 cm³/mol. The van der Waals surface area contributed by atoms with Crippen molar-refractivity contribution in [1.82, 2.24) is 14.8 Å². The molecule has 0 unspecified atom stereocenters. The number of rotatable bonds is 4. The Kier molecular flexibility index (Phi) is 5.18. The first kappa shape index (κ1) is 17.3. The number of carboxylic acid groups (broad SMARTS) is 1. The minimum absolute atomic E-state index is 0.267. The molecule has 2 aliphatic heterocycles. The topological polar surface area (TPSA) is 77.0 Å². The van der Waals surface area contributed by atoms with Crippen LogP contribution >= 0.6 is 35.3 Å². The summed E-state index contributed by atoms with van der Waals surface area (Å²) in [6.45, 7) is 3.46. The molecule has 1 aromatic heterocycles. The Bertz CT molecular complexity index is 710. The van der Waals surface area contributed by atoms with Gasteiger partial charge in [-0.1, -0.05) is 24.0 Å². The molecule has 0 aromatic carbocycles. The molecule has 0 atom stereocenters. The molecule has 1 N–H and O–H groups in total. The normalized spacial score (nSPS) is 21.1. The summed E-state index contributed by atoms with van der Waals surface area (Å²) < 4.78 is 0.267. The number of hydrogen-bond acceptors (Lipinski definition) is 8. The average molecular weight is 385 g/mol. The zero-order valence-corrected chi connectivity index (χ0v) is 15.4. The van der Waals surface area contributed by atoms with Crippen molar-refractivity contribution >= 4 is 62.7 Å². The highest BCUT2D eigenvalue weighted by Crippen LogP contribution is 2.33. The molecule has 0 radical (unpaired) electrons. The summed E-state index contributed by atoms with van der Waals surface area (Å²) in [4.78, 5) is 33.7. The molecule has 3 rings (SSSR count). The SMILES string of the molecule is CN1CCN(c2nc(C=C3SC(=S)N(CC(=O)O)C3=O)cs2)CC1. The first-order chi connectivity index (χ1) is 11.4. The van der Waals surface area contributed by atoms with E-state index < -0.39 is 12.5 Å². The number of aromatic nitrogens is 1. The first-order valence-corrected chi connectivity index (χ1v) is 9.40. The molecule has 0 saturated carbocycles. The number of amides is 1. The summed E-state index contributed by atoms with van der Waals surface area (Å²) in [5.41, 5.74) is 0.699. The van der Waals surface area contributed by atoms with Crippen LogP contribution in [0.4, 0.5) is 5.13 Å². The van der Waals surface area contributed by atoms with Crippen LogP contribution in [0.2, 0.25) is 0 Å². The Morgan fingerprint density at radius 3 is 2.79 bits per heavy atom. The highest BCUT2D eigenvalue weighted by Gasteiger charge is 2.33.